The van der Waals surface area contributed by atoms with Crippen molar-refractivity contribution >= 4 is 0 Å². The molecule has 1 heterocycles. The van der Waals surface area contributed by atoms with Gasteiger partial charge in [0.05, 0.1) is 7.11 Å². The van der Waals surface area contributed by atoms with Gasteiger partial charge in [-0.1, -0.05) is 13.8 Å². The van der Waals surface area contributed by atoms with Crippen LogP contribution < -0.4 is 10.1 Å². The highest BCUT2D eigenvalue weighted by Crippen LogP contribution is 2.14. The molecule has 0 saturated carbocycles. The van der Waals surface area contributed by atoms with Crippen molar-refractivity contribution in [2.24, 2.45) is 7.05 Å². The fourth-order valence-electron chi connectivity index (χ4n) is 1.64. The lowest BCUT2D eigenvalue weighted by Gasteiger charge is -2.13. The average Bonchev–Trinajstić information content (AvgIpc) is 2.60. The Morgan fingerprint density at radius 3 is 2.67 bits per heavy atom. The Bertz CT molecular complexity index is 292. The number of hydrogen-bond acceptors (Lipinski definition) is 3. The lowest BCUT2D eigenvalue weighted by Crippen LogP contribution is -2.26. The van der Waals surface area contributed by atoms with Crippen LogP contribution in [0.4, 0.5) is 0 Å². The number of hydrogen-bond donors (Lipinski definition) is 1. The minimum atomic E-state index is 0.579. The van der Waals surface area contributed by atoms with Gasteiger partial charge in [0.1, 0.15) is 0 Å². The van der Waals surface area contributed by atoms with Crippen LogP contribution in [0.15, 0.2) is 6.20 Å². The van der Waals surface area contributed by atoms with Gasteiger partial charge in [-0.25, -0.2) is 0 Å². The van der Waals surface area contributed by atoms with Gasteiger partial charge in [0, 0.05) is 31.4 Å². The third-order valence-electron chi connectivity index (χ3n) is 2.63. The number of rotatable bonds is 6. The highest BCUT2D eigenvalue weighted by Gasteiger charge is 2.09. The van der Waals surface area contributed by atoms with Crippen molar-refractivity contribution in [3.63, 3.8) is 0 Å². The molecule has 0 unspecified atom stereocenters. The van der Waals surface area contributed by atoms with Crippen molar-refractivity contribution < 1.29 is 4.74 Å². The third kappa shape index (κ3) is 3.23. The normalized spacial score (nSPS) is 11.0. The van der Waals surface area contributed by atoms with Gasteiger partial charge >= 0.3 is 0 Å². The molecule has 0 saturated heterocycles. The summed E-state index contributed by atoms with van der Waals surface area (Å²) in [6.45, 7) is 5.21. The summed E-state index contributed by atoms with van der Waals surface area (Å²) < 4.78 is 6.97. The maximum Gasteiger partial charge on any atom is 0.237 e. The number of nitrogens with zero attached hydrogens (tertiary/aromatic N) is 2. The molecule has 0 fully saturated rings. The van der Waals surface area contributed by atoms with E-state index in [4.69, 9.17) is 4.74 Å². The summed E-state index contributed by atoms with van der Waals surface area (Å²) in [6.07, 6.45) is 4.30. The Morgan fingerprint density at radius 1 is 1.47 bits per heavy atom. The van der Waals surface area contributed by atoms with Gasteiger partial charge in [0.15, 0.2) is 0 Å². The molecule has 0 radical (unpaired) electrons. The molecule has 0 aliphatic carbocycles. The Labute approximate surface area is 91.6 Å². The highest BCUT2D eigenvalue weighted by molar-refractivity contribution is 5.22. The Balaban J connectivity index is 2.55. The predicted octanol–water partition coefficient (Wildman–Crippen LogP) is 1.71. The molecule has 0 spiro atoms. The SMILES string of the molecule is CCC(CC)NCc1cn(C)nc1OC. The van der Waals surface area contributed by atoms with Crippen LogP contribution in [-0.2, 0) is 13.6 Å². The lowest BCUT2D eigenvalue weighted by molar-refractivity contribution is 0.383. The molecule has 0 bridgehead atoms. The number of ether oxygens (including phenoxy) is 1. The molecule has 0 aromatic carbocycles. The van der Waals surface area contributed by atoms with Crippen molar-refractivity contribution in [2.45, 2.75) is 39.3 Å². The third-order valence-corrected chi connectivity index (χ3v) is 2.63. The minimum absolute atomic E-state index is 0.579. The average molecular weight is 211 g/mol. The maximum absolute atomic E-state index is 5.19. The molecule has 15 heavy (non-hydrogen) atoms. The first-order valence-corrected chi connectivity index (χ1v) is 5.51. The second kappa shape index (κ2) is 5.75. The summed E-state index contributed by atoms with van der Waals surface area (Å²) in [6, 6.07) is 0.579. The number of aromatic nitrogens is 2. The van der Waals surface area contributed by atoms with Crippen LogP contribution in [0.25, 0.3) is 0 Å². The number of nitrogens with one attached hydrogen (secondary N) is 1. The van der Waals surface area contributed by atoms with E-state index in [0.717, 1.165) is 30.8 Å². The molecular formula is C11H21N3O. The van der Waals surface area contributed by atoms with Gasteiger partial charge in [-0.05, 0) is 12.8 Å². The van der Waals surface area contributed by atoms with Crippen LogP contribution in [0.3, 0.4) is 0 Å². The van der Waals surface area contributed by atoms with Crippen molar-refractivity contribution in [1.29, 1.82) is 0 Å². The van der Waals surface area contributed by atoms with Crippen molar-refractivity contribution in [1.82, 2.24) is 15.1 Å². The Hall–Kier alpha value is -1.03. The zero-order valence-electron chi connectivity index (χ0n) is 10.1. The first-order chi connectivity index (χ1) is 7.21. The first kappa shape index (κ1) is 12.0. The molecule has 0 atom stereocenters. The number of methoxy groups -OCH3 is 1. The van der Waals surface area contributed by atoms with E-state index < -0.39 is 0 Å². The largest absolute Gasteiger partial charge is 0.480 e. The van der Waals surface area contributed by atoms with Gasteiger partial charge in [0.25, 0.3) is 0 Å². The maximum atomic E-state index is 5.19. The van der Waals surface area contributed by atoms with Gasteiger partial charge in [-0.3, -0.25) is 4.68 Å². The minimum Gasteiger partial charge on any atom is -0.480 e. The fraction of sp³-hybridized carbons (Fsp3) is 0.727. The summed E-state index contributed by atoms with van der Waals surface area (Å²) in [7, 11) is 3.56. The van der Waals surface area contributed by atoms with E-state index in [1.165, 1.54) is 0 Å². The van der Waals surface area contributed by atoms with E-state index in [0.29, 0.717) is 6.04 Å². The summed E-state index contributed by atoms with van der Waals surface area (Å²) in [5.74, 6) is 0.718. The monoisotopic (exact) mass is 211 g/mol. The molecule has 0 amide bonds. The summed E-state index contributed by atoms with van der Waals surface area (Å²) >= 11 is 0. The van der Waals surface area contributed by atoms with Crippen LogP contribution in [0, 0.1) is 0 Å². The molecule has 86 valence electrons. The van der Waals surface area contributed by atoms with Crippen LogP contribution in [0.5, 0.6) is 5.88 Å². The summed E-state index contributed by atoms with van der Waals surface area (Å²) in [5.41, 5.74) is 1.12. The summed E-state index contributed by atoms with van der Waals surface area (Å²) in [5, 5.41) is 7.70. The Morgan fingerprint density at radius 2 is 2.13 bits per heavy atom. The Kier molecular flexibility index (Phi) is 4.62. The van der Waals surface area contributed by atoms with Crippen molar-refractivity contribution in [2.75, 3.05) is 7.11 Å². The zero-order chi connectivity index (χ0) is 11.3. The van der Waals surface area contributed by atoms with Gasteiger partial charge in [0.2, 0.25) is 5.88 Å². The first-order valence-electron chi connectivity index (χ1n) is 5.51. The second-order valence-corrected chi connectivity index (χ2v) is 3.73. The molecule has 1 aromatic heterocycles. The van der Waals surface area contributed by atoms with Crippen LogP contribution >= 0.6 is 0 Å². The van der Waals surface area contributed by atoms with Crippen molar-refractivity contribution in [3.05, 3.63) is 11.8 Å². The number of aryl methyl sites for hydroxylation is 1. The van der Waals surface area contributed by atoms with Gasteiger partial charge in [-0.15, -0.1) is 5.10 Å². The van der Waals surface area contributed by atoms with E-state index in [1.807, 2.05) is 13.2 Å². The lowest BCUT2D eigenvalue weighted by atomic mass is 10.1. The molecule has 4 heteroatoms. The van der Waals surface area contributed by atoms with Crippen LogP contribution in [0.2, 0.25) is 0 Å². The van der Waals surface area contributed by atoms with Gasteiger partial charge in [-0.2, -0.15) is 0 Å². The molecule has 1 aromatic rings. The molecule has 1 rings (SSSR count). The zero-order valence-corrected chi connectivity index (χ0v) is 10.1. The van der Waals surface area contributed by atoms with E-state index in [2.05, 4.69) is 24.3 Å². The highest BCUT2D eigenvalue weighted by atomic mass is 16.5. The van der Waals surface area contributed by atoms with E-state index >= 15 is 0 Å². The fourth-order valence-corrected chi connectivity index (χ4v) is 1.64. The molecule has 1 N–H and O–H groups in total. The molecule has 4 nitrogen and oxygen atoms in total. The van der Waals surface area contributed by atoms with Gasteiger partial charge < -0.3 is 10.1 Å². The van der Waals surface area contributed by atoms with E-state index in [1.54, 1.807) is 11.8 Å². The van der Waals surface area contributed by atoms with E-state index in [9.17, 15) is 0 Å². The van der Waals surface area contributed by atoms with E-state index in [-0.39, 0.29) is 0 Å². The summed E-state index contributed by atoms with van der Waals surface area (Å²) in [4.78, 5) is 0. The second-order valence-electron chi connectivity index (χ2n) is 3.73. The van der Waals surface area contributed by atoms with Crippen LogP contribution in [-0.4, -0.2) is 22.9 Å². The van der Waals surface area contributed by atoms with Crippen LogP contribution in [0.1, 0.15) is 32.3 Å². The van der Waals surface area contributed by atoms with Crippen molar-refractivity contribution in [3.8, 4) is 5.88 Å². The predicted molar refractivity (Wildman–Crippen MR) is 61.0 cm³/mol. The topological polar surface area (TPSA) is 39.1 Å². The quantitative estimate of drug-likeness (QED) is 0.778. The molecule has 0 aliphatic rings. The smallest absolute Gasteiger partial charge is 0.237 e. The molecular weight excluding hydrogens is 190 g/mol. The molecule has 0 aliphatic heterocycles. The standard InChI is InChI=1S/C11H21N3O/c1-5-10(6-2)12-7-9-8-14(3)13-11(9)15-4/h8,10,12H,5-7H2,1-4H3.